The fraction of sp³-hybridized carbons (Fsp3) is 0.467. The topological polar surface area (TPSA) is 55.4 Å². The van der Waals surface area contributed by atoms with E-state index in [-0.39, 0.29) is 11.5 Å². The van der Waals surface area contributed by atoms with Crippen molar-refractivity contribution in [2.75, 3.05) is 13.7 Å². The first-order valence-corrected chi connectivity index (χ1v) is 6.66. The summed E-state index contributed by atoms with van der Waals surface area (Å²) < 4.78 is 18.2. The SMILES string of the molecule is COC(=O)CCCCCNC(=O)c1cccc(C)c1F. The van der Waals surface area contributed by atoms with Crippen LogP contribution in [0.1, 0.15) is 41.6 Å². The van der Waals surface area contributed by atoms with E-state index in [1.165, 1.54) is 13.2 Å². The van der Waals surface area contributed by atoms with Gasteiger partial charge in [-0.3, -0.25) is 9.59 Å². The zero-order chi connectivity index (χ0) is 15.0. The number of ether oxygens (including phenoxy) is 1. The van der Waals surface area contributed by atoms with Gasteiger partial charge in [0.25, 0.3) is 5.91 Å². The van der Waals surface area contributed by atoms with Gasteiger partial charge in [-0.15, -0.1) is 0 Å². The second-order valence-electron chi connectivity index (χ2n) is 4.58. The van der Waals surface area contributed by atoms with Crippen LogP contribution in [0.25, 0.3) is 0 Å². The normalized spacial score (nSPS) is 10.2. The van der Waals surface area contributed by atoms with Gasteiger partial charge < -0.3 is 10.1 Å². The number of aryl methyl sites for hydroxylation is 1. The number of nitrogens with one attached hydrogen (secondary N) is 1. The van der Waals surface area contributed by atoms with E-state index in [0.29, 0.717) is 18.5 Å². The lowest BCUT2D eigenvalue weighted by Crippen LogP contribution is -2.25. The van der Waals surface area contributed by atoms with Crippen LogP contribution in [0.4, 0.5) is 4.39 Å². The fourth-order valence-corrected chi connectivity index (χ4v) is 1.79. The number of unbranched alkanes of at least 4 members (excludes halogenated alkanes) is 2. The number of esters is 1. The van der Waals surface area contributed by atoms with Crippen molar-refractivity contribution < 1.29 is 18.7 Å². The van der Waals surface area contributed by atoms with Gasteiger partial charge in [0.2, 0.25) is 0 Å². The highest BCUT2D eigenvalue weighted by atomic mass is 19.1. The Bertz CT molecular complexity index is 474. The highest BCUT2D eigenvalue weighted by Crippen LogP contribution is 2.11. The summed E-state index contributed by atoms with van der Waals surface area (Å²) in [4.78, 5) is 22.7. The number of hydrogen-bond donors (Lipinski definition) is 1. The van der Waals surface area contributed by atoms with Crippen LogP contribution < -0.4 is 5.32 Å². The second-order valence-corrected chi connectivity index (χ2v) is 4.58. The molecule has 0 bridgehead atoms. The predicted molar refractivity (Wildman–Crippen MR) is 74.0 cm³/mol. The molecular formula is C15H20FNO3. The van der Waals surface area contributed by atoms with Gasteiger partial charge in [-0.2, -0.15) is 0 Å². The maximum Gasteiger partial charge on any atom is 0.305 e. The van der Waals surface area contributed by atoms with E-state index in [2.05, 4.69) is 10.1 Å². The highest BCUT2D eigenvalue weighted by molar-refractivity contribution is 5.94. The van der Waals surface area contributed by atoms with E-state index in [1.807, 2.05) is 0 Å². The van der Waals surface area contributed by atoms with Gasteiger partial charge in [0.1, 0.15) is 5.82 Å². The average molecular weight is 281 g/mol. The number of halogens is 1. The number of methoxy groups -OCH3 is 1. The van der Waals surface area contributed by atoms with Crippen molar-refractivity contribution >= 4 is 11.9 Å². The standard InChI is InChI=1S/C15H20FNO3/c1-11-7-6-8-12(14(11)16)15(19)17-10-5-3-4-9-13(18)20-2/h6-8H,3-5,9-10H2,1-2H3,(H,17,19). The zero-order valence-electron chi connectivity index (χ0n) is 11.9. The molecule has 0 radical (unpaired) electrons. The molecule has 5 heteroatoms. The van der Waals surface area contributed by atoms with E-state index >= 15 is 0 Å². The Morgan fingerprint density at radius 3 is 2.70 bits per heavy atom. The van der Waals surface area contributed by atoms with Crippen LogP contribution in [0.3, 0.4) is 0 Å². The molecule has 1 aromatic rings. The summed E-state index contributed by atoms with van der Waals surface area (Å²) in [5.74, 6) is -1.11. The Balaban J connectivity index is 2.27. The summed E-state index contributed by atoms with van der Waals surface area (Å²) in [6.45, 7) is 2.09. The second kappa shape index (κ2) is 8.30. The molecule has 0 saturated carbocycles. The quantitative estimate of drug-likeness (QED) is 0.617. The van der Waals surface area contributed by atoms with Crippen LogP contribution in [0, 0.1) is 12.7 Å². The Morgan fingerprint density at radius 2 is 2.00 bits per heavy atom. The molecule has 1 aromatic carbocycles. The van der Waals surface area contributed by atoms with Crippen LogP contribution in [0.5, 0.6) is 0 Å². The van der Waals surface area contributed by atoms with Gasteiger partial charge in [-0.1, -0.05) is 18.6 Å². The molecule has 0 aliphatic heterocycles. The van der Waals surface area contributed by atoms with Crippen LogP contribution in [-0.4, -0.2) is 25.5 Å². The Morgan fingerprint density at radius 1 is 1.25 bits per heavy atom. The molecule has 1 rings (SSSR count). The highest BCUT2D eigenvalue weighted by Gasteiger charge is 2.12. The van der Waals surface area contributed by atoms with Crippen LogP contribution in [-0.2, 0) is 9.53 Å². The van der Waals surface area contributed by atoms with Crippen molar-refractivity contribution in [3.8, 4) is 0 Å². The monoisotopic (exact) mass is 281 g/mol. The summed E-state index contributed by atoms with van der Waals surface area (Å²) in [5, 5.41) is 2.67. The maximum atomic E-state index is 13.7. The third-order valence-corrected chi connectivity index (χ3v) is 3.01. The summed E-state index contributed by atoms with van der Waals surface area (Å²) in [7, 11) is 1.36. The number of carbonyl (C=O) groups is 2. The minimum atomic E-state index is -0.476. The predicted octanol–water partition coefficient (Wildman–Crippen LogP) is 2.60. The van der Waals surface area contributed by atoms with E-state index in [0.717, 1.165) is 19.3 Å². The number of hydrogen-bond acceptors (Lipinski definition) is 3. The van der Waals surface area contributed by atoms with Crippen molar-refractivity contribution in [1.29, 1.82) is 0 Å². The minimum Gasteiger partial charge on any atom is -0.469 e. The van der Waals surface area contributed by atoms with Crippen molar-refractivity contribution in [1.82, 2.24) is 5.32 Å². The number of benzene rings is 1. The summed E-state index contributed by atoms with van der Waals surface area (Å²) in [5.41, 5.74) is 0.523. The first-order valence-electron chi connectivity index (χ1n) is 6.66. The van der Waals surface area contributed by atoms with Gasteiger partial charge in [0, 0.05) is 13.0 Å². The molecule has 0 saturated heterocycles. The number of amides is 1. The van der Waals surface area contributed by atoms with Crippen LogP contribution in [0.15, 0.2) is 18.2 Å². The third kappa shape index (κ3) is 4.99. The molecule has 110 valence electrons. The molecule has 0 unspecified atom stereocenters. The average Bonchev–Trinajstić information content (AvgIpc) is 2.44. The Labute approximate surface area is 118 Å². The Kier molecular flexibility index (Phi) is 6.70. The van der Waals surface area contributed by atoms with Crippen molar-refractivity contribution in [3.05, 3.63) is 35.1 Å². The fourth-order valence-electron chi connectivity index (χ4n) is 1.79. The molecule has 4 nitrogen and oxygen atoms in total. The molecule has 20 heavy (non-hydrogen) atoms. The lowest BCUT2D eigenvalue weighted by Gasteiger charge is -2.07. The van der Waals surface area contributed by atoms with E-state index < -0.39 is 11.7 Å². The number of rotatable bonds is 7. The smallest absolute Gasteiger partial charge is 0.305 e. The van der Waals surface area contributed by atoms with Crippen molar-refractivity contribution in [3.63, 3.8) is 0 Å². The van der Waals surface area contributed by atoms with Crippen molar-refractivity contribution in [2.45, 2.75) is 32.6 Å². The molecule has 0 aromatic heterocycles. The molecule has 1 N–H and O–H groups in total. The minimum absolute atomic E-state index is 0.0690. The molecule has 1 amide bonds. The zero-order valence-corrected chi connectivity index (χ0v) is 11.9. The summed E-state index contributed by atoms with van der Waals surface area (Å²) in [6.07, 6.45) is 2.67. The molecule has 0 aliphatic rings. The van der Waals surface area contributed by atoms with E-state index in [1.54, 1.807) is 19.1 Å². The Hall–Kier alpha value is -1.91. The molecule has 0 spiro atoms. The van der Waals surface area contributed by atoms with Gasteiger partial charge in [0.05, 0.1) is 12.7 Å². The molecule has 0 fully saturated rings. The van der Waals surface area contributed by atoms with Gasteiger partial charge in [0.15, 0.2) is 0 Å². The van der Waals surface area contributed by atoms with Gasteiger partial charge in [-0.25, -0.2) is 4.39 Å². The molecule has 0 aliphatic carbocycles. The maximum absolute atomic E-state index is 13.7. The van der Waals surface area contributed by atoms with E-state index in [4.69, 9.17) is 0 Å². The van der Waals surface area contributed by atoms with Gasteiger partial charge in [-0.05, 0) is 31.4 Å². The summed E-state index contributed by atoms with van der Waals surface area (Å²) >= 11 is 0. The van der Waals surface area contributed by atoms with Crippen LogP contribution in [0.2, 0.25) is 0 Å². The third-order valence-electron chi connectivity index (χ3n) is 3.01. The van der Waals surface area contributed by atoms with E-state index in [9.17, 15) is 14.0 Å². The van der Waals surface area contributed by atoms with Gasteiger partial charge >= 0.3 is 5.97 Å². The first kappa shape index (κ1) is 16.1. The molecule has 0 heterocycles. The summed E-state index contributed by atoms with van der Waals surface area (Å²) in [6, 6.07) is 4.75. The first-order chi connectivity index (χ1) is 9.56. The van der Waals surface area contributed by atoms with Crippen LogP contribution >= 0.6 is 0 Å². The largest absolute Gasteiger partial charge is 0.469 e. The molecular weight excluding hydrogens is 261 g/mol. The number of carbonyl (C=O) groups excluding carboxylic acids is 2. The lowest BCUT2D eigenvalue weighted by atomic mass is 10.1. The lowest BCUT2D eigenvalue weighted by molar-refractivity contribution is -0.140. The van der Waals surface area contributed by atoms with Crippen molar-refractivity contribution in [2.24, 2.45) is 0 Å². The molecule has 0 atom stereocenters.